The lowest BCUT2D eigenvalue weighted by molar-refractivity contribution is -0.137. The molecule has 9 nitrogen and oxygen atoms in total. The van der Waals surface area contributed by atoms with Gasteiger partial charge in [0, 0.05) is 31.3 Å². The second-order valence-corrected chi connectivity index (χ2v) is 9.65. The molecule has 1 aliphatic rings. The molecular weight excluding hydrogens is 420 g/mol. The first-order chi connectivity index (χ1) is 14.8. The molecule has 1 amide bonds. The number of carboxylic acids is 1. The van der Waals surface area contributed by atoms with Crippen LogP contribution in [0, 0.1) is 5.92 Å². The highest BCUT2D eigenvalue weighted by molar-refractivity contribution is 7.91. The minimum atomic E-state index is -3.58. The van der Waals surface area contributed by atoms with Crippen molar-refractivity contribution in [1.29, 1.82) is 0 Å². The fraction of sp³-hybridized carbons (Fsp3) is 0.429. The number of carbonyl (C=O) groups is 2. The van der Waals surface area contributed by atoms with E-state index >= 15 is 0 Å². The molecule has 1 aliphatic carbocycles. The van der Waals surface area contributed by atoms with Crippen molar-refractivity contribution in [2.45, 2.75) is 37.5 Å². The number of aliphatic carboxylic acids is 1. The van der Waals surface area contributed by atoms with Crippen LogP contribution in [-0.4, -0.2) is 54.2 Å². The van der Waals surface area contributed by atoms with Gasteiger partial charge in [-0.1, -0.05) is 0 Å². The number of amides is 1. The molecule has 2 aromatic rings. The Morgan fingerprint density at radius 3 is 2.52 bits per heavy atom. The standard InChI is InChI=1S/C21H26N4O5S/c1-2-25(13-15-5-6-15)19-12-18(22-14-23-19)21(28)24-16-7-9-17(10-8-16)31(29,30)11-3-4-20(26)27/h7-10,12,14-15H,2-6,11,13H2,1H3,(H,24,28)(H,26,27). The molecule has 3 rings (SSSR count). The summed E-state index contributed by atoms with van der Waals surface area (Å²) in [4.78, 5) is 33.7. The van der Waals surface area contributed by atoms with Gasteiger partial charge < -0.3 is 15.3 Å². The van der Waals surface area contributed by atoms with E-state index < -0.39 is 21.7 Å². The van der Waals surface area contributed by atoms with E-state index in [0.717, 1.165) is 13.1 Å². The molecule has 10 heteroatoms. The molecule has 0 bridgehead atoms. The third-order valence-electron chi connectivity index (χ3n) is 5.04. The Balaban J connectivity index is 1.64. The molecule has 0 aliphatic heterocycles. The van der Waals surface area contributed by atoms with Crippen LogP contribution in [0.3, 0.4) is 0 Å². The normalized spacial score (nSPS) is 13.6. The molecule has 0 saturated heterocycles. The third-order valence-corrected chi connectivity index (χ3v) is 6.86. The van der Waals surface area contributed by atoms with Gasteiger partial charge >= 0.3 is 5.97 Å². The minimum absolute atomic E-state index is 0.0434. The summed E-state index contributed by atoms with van der Waals surface area (Å²) >= 11 is 0. The number of aromatic nitrogens is 2. The van der Waals surface area contributed by atoms with Gasteiger partial charge in [-0.2, -0.15) is 0 Å². The predicted molar refractivity (Wildman–Crippen MR) is 116 cm³/mol. The Morgan fingerprint density at radius 1 is 1.19 bits per heavy atom. The quantitative estimate of drug-likeness (QED) is 0.539. The number of carbonyl (C=O) groups excluding carboxylic acids is 1. The Labute approximate surface area is 181 Å². The molecule has 0 spiro atoms. The first-order valence-corrected chi connectivity index (χ1v) is 11.9. The number of hydrogen-bond donors (Lipinski definition) is 2. The molecule has 0 radical (unpaired) electrons. The molecule has 2 N–H and O–H groups in total. The largest absolute Gasteiger partial charge is 0.481 e. The zero-order chi connectivity index (χ0) is 22.4. The summed E-state index contributed by atoms with van der Waals surface area (Å²) in [6, 6.07) is 7.44. The molecule has 0 unspecified atom stereocenters. The minimum Gasteiger partial charge on any atom is -0.481 e. The first-order valence-electron chi connectivity index (χ1n) is 10.2. The van der Waals surface area contributed by atoms with Gasteiger partial charge in [0.2, 0.25) is 0 Å². The van der Waals surface area contributed by atoms with Crippen LogP contribution < -0.4 is 10.2 Å². The van der Waals surface area contributed by atoms with Crippen LogP contribution in [0.4, 0.5) is 11.5 Å². The van der Waals surface area contributed by atoms with Crippen molar-refractivity contribution in [1.82, 2.24) is 9.97 Å². The highest BCUT2D eigenvalue weighted by atomic mass is 32.2. The van der Waals surface area contributed by atoms with Crippen LogP contribution >= 0.6 is 0 Å². The van der Waals surface area contributed by atoms with Crippen molar-refractivity contribution in [3.63, 3.8) is 0 Å². The van der Waals surface area contributed by atoms with E-state index in [1.54, 1.807) is 6.07 Å². The number of rotatable bonds is 11. The van der Waals surface area contributed by atoms with E-state index in [2.05, 4.69) is 20.2 Å². The van der Waals surface area contributed by atoms with E-state index in [-0.39, 0.29) is 29.2 Å². The van der Waals surface area contributed by atoms with Gasteiger partial charge in [-0.3, -0.25) is 9.59 Å². The van der Waals surface area contributed by atoms with Crippen LogP contribution in [0.5, 0.6) is 0 Å². The van der Waals surface area contributed by atoms with Gasteiger partial charge in [0.15, 0.2) is 9.84 Å². The van der Waals surface area contributed by atoms with Crippen molar-refractivity contribution < 1.29 is 23.1 Å². The Hall–Kier alpha value is -3.01. The topological polar surface area (TPSA) is 130 Å². The fourth-order valence-electron chi connectivity index (χ4n) is 3.11. The van der Waals surface area contributed by atoms with Crippen LogP contribution in [-0.2, 0) is 14.6 Å². The van der Waals surface area contributed by atoms with Gasteiger partial charge in [-0.15, -0.1) is 0 Å². The molecule has 1 saturated carbocycles. The zero-order valence-electron chi connectivity index (χ0n) is 17.3. The molecule has 1 aromatic heterocycles. The summed E-state index contributed by atoms with van der Waals surface area (Å²) in [5.74, 6) is -0.300. The van der Waals surface area contributed by atoms with Crippen LogP contribution in [0.25, 0.3) is 0 Å². The van der Waals surface area contributed by atoms with Crippen LogP contribution in [0.1, 0.15) is 43.1 Å². The smallest absolute Gasteiger partial charge is 0.303 e. The number of benzene rings is 1. The highest BCUT2D eigenvalue weighted by Crippen LogP contribution is 2.31. The number of hydrogen-bond acceptors (Lipinski definition) is 7. The van der Waals surface area contributed by atoms with Crippen molar-refractivity contribution >= 4 is 33.2 Å². The first kappa shape index (κ1) is 22.7. The molecule has 1 aromatic carbocycles. The molecular formula is C21H26N4O5S. The summed E-state index contributed by atoms with van der Waals surface area (Å²) in [5, 5.41) is 11.4. The van der Waals surface area contributed by atoms with E-state index in [1.165, 1.54) is 43.4 Å². The summed E-state index contributed by atoms with van der Waals surface area (Å²) in [6.45, 7) is 3.75. The molecule has 0 atom stereocenters. The lowest BCUT2D eigenvalue weighted by Gasteiger charge is -2.21. The lowest BCUT2D eigenvalue weighted by Crippen LogP contribution is -2.27. The maximum Gasteiger partial charge on any atom is 0.303 e. The van der Waals surface area contributed by atoms with E-state index in [9.17, 15) is 18.0 Å². The van der Waals surface area contributed by atoms with Gasteiger partial charge in [-0.05, 0) is 56.4 Å². The third kappa shape index (κ3) is 6.48. The van der Waals surface area contributed by atoms with Crippen molar-refractivity contribution in [2.24, 2.45) is 5.92 Å². The Morgan fingerprint density at radius 2 is 1.90 bits per heavy atom. The van der Waals surface area contributed by atoms with E-state index in [1.807, 2.05) is 6.92 Å². The van der Waals surface area contributed by atoms with Crippen molar-refractivity contribution in [3.05, 3.63) is 42.4 Å². The SMILES string of the molecule is CCN(CC1CC1)c1cc(C(=O)Nc2ccc(S(=O)(=O)CCCC(=O)O)cc2)ncn1. The average molecular weight is 447 g/mol. The van der Waals surface area contributed by atoms with Gasteiger partial charge in [0.05, 0.1) is 10.6 Å². The van der Waals surface area contributed by atoms with E-state index in [4.69, 9.17) is 5.11 Å². The van der Waals surface area contributed by atoms with Crippen LogP contribution in [0.15, 0.2) is 41.6 Å². The number of sulfone groups is 1. The van der Waals surface area contributed by atoms with Gasteiger partial charge in [-0.25, -0.2) is 18.4 Å². The highest BCUT2D eigenvalue weighted by Gasteiger charge is 2.25. The number of nitrogens with one attached hydrogen (secondary N) is 1. The van der Waals surface area contributed by atoms with Crippen LogP contribution in [0.2, 0.25) is 0 Å². The molecule has 166 valence electrons. The van der Waals surface area contributed by atoms with E-state index in [0.29, 0.717) is 17.4 Å². The number of nitrogens with zero attached hydrogens (tertiary/aromatic N) is 3. The summed E-state index contributed by atoms with van der Waals surface area (Å²) < 4.78 is 24.6. The van der Waals surface area contributed by atoms with Crippen molar-refractivity contribution in [3.8, 4) is 0 Å². The number of anilines is 2. The summed E-state index contributed by atoms with van der Waals surface area (Å²) in [7, 11) is -3.58. The Kier molecular flexibility index (Phi) is 7.21. The molecule has 31 heavy (non-hydrogen) atoms. The maximum atomic E-state index is 12.6. The fourth-order valence-corrected chi connectivity index (χ4v) is 4.42. The van der Waals surface area contributed by atoms with Gasteiger partial charge in [0.25, 0.3) is 5.91 Å². The maximum absolute atomic E-state index is 12.6. The monoisotopic (exact) mass is 446 g/mol. The average Bonchev–Trinajstić information content (AvgIpc) is 3.56. The molecule has 1 heterocycles. The predicted octanol–water partition coefficient (Wildman–Crippen LogP) is 2.60. The summed E-state index contributed by atoms with van der Waals surface area (Å²) in [5.41, 5.74) is 0.657. The lowest BCUT2D eigenvalue weighted by atomic mass is 10.3. The summed E-state index contributed by atoms with van der Waals surface area (Å²) in [6.07, 6.45) is 3.65. The second-order valence-electron chi connectivity index (χ2n) is 7.54. The Bertz CT molecular complexity index is 1040. The number of carboxylic acid groups (broad SMARTS) is 1. The zero-order valence-corrected chi connectivity index (χ0v) is 18.1. The van der Waals surface area contributed by atoms with Gasteiger partial charge in [0.1, 0.15) is 17.8 Å². The molecule has 1 fully saturated rings. The van der Waals surface area contributed by atoms with Crippen molar-refractivity contribution in [2.75, 3.05) is 29.1 Å². The second kappa shape index (κ2) is 9.86.